The Morgan fingerprint density at radius 2 is 2.08 bits per heavy atom. The van der Waals surface area contributed by atoms with E-state index in [9.17, 15) is 14.4 Å². The zero-order valence-electron chi connectivity index (χ0n) is 14.0. The van der Waals surface area contributed by atoms with Gasteiger partial charge in [-0.1, -0.05) is 18.2 Å². The molecule has 1 fully saturated rings. The normalized spacial score (nSPS) is 17.5. The Bertz CT molecular complexity index is 1020. The molecule has 0 spiro atoms. The van der Waals surface area contributed by atoms with Crippen LogP contribution in [0.3, 0.4) is 0 Å². The number of hydrogen-bond acceptors (Lipinski definition) is 6. The van der Waals surface area contributed by atoms with Crippen molar-refractivity contribution in [1.82, 2.24) is 10.2 Å². The molecule has 1 N–H and O–H groups in total. The van der Waals surface area contributed by atoms with Crippen molar-refractivity contribution in [2.24, 2.45) is 0 Å². The van der Waals surface area contributed by atoms with Crippen molar-refractivity contribution < 1.29 is 19.1 Å². The summed E-state index contributed by atoms with van der Waals surface area (Å²) in [5, 5.41) is 3.85. The van der Waals surface area contributed by atoms with Crippen LogP contribution in [0.5, 0.6) is 0 Å². The average Bonchev–Trinajstić information content (AvgIpc) is 3.20. The summed E-state index contributed by atoms with van der Waals surface area (Å²) < 4.78 is 8.00. The molecule has 3 heterocycles. The lowest BCUT2D eigenvalue weighted by Gasteiger charge is -2.34. The predicted octanol–water partition coefficient (Wildman–Crippen LogP) is 2.62. The lowest BCUT2D eigenvalue weighted by atomic mass is 10.1. The third kappa shape index (κ3) is 2.85. The summed E-state index contributed by atoms with van der Waals surface area (Å²) in [6, 6.07) is 9.15. The molecule has 0 aliphatic carbocycles. The average molecular weight is 388 g/mol. The van der Waals surface area contributed by atoms with Gasteiger partial charge in [0.05, 0.1) is 23.1 Å². The van der Waals surface area contributed by atoms with Crippen LogP contribution >= 0.6 is 22.7 Å². The number of methoxy groups -OCH3 is 1. The maximum Gasteiger partial charge on any atom is 0.308 e. The van der Waals surface area contributed by atoms with Crippen LogP contribution in [-0.4, -0.2) is 48.9 Å². The highest BCUT2D eigenvalue weighted by atomic mass is 32.1. The Kier molecular flexibility index (Phi) is 4.37. The van der Waals surface area contributed by atoms with E-state index in [0.29, 0.717) is 18.0 Å². The van der Waals surface area contributed by atoms with E-state index in [-0.39, 0.29) is 18.2 Å². The molecule has 8 heteroatoms. The number of carbonyl (C=O) groups is 3. The molecule has 26 heavy (non-hydrogen) atoms. The van der Waals surface area contributed by atoms with Crippen molar-refractivity contribution in [3.63, 3.8) is 0 Å². The van der Waals surface area contributed by atoms with Crippen molar-refractivity contribution in [2.75, 3.05) is 20.2 Å². The topological polar surface area (TPSA) is 75.7 Å². The van der Waals surface area contributed by atoms with E-state index in [0.717, 1.165) is 14.8 Å². The Hall–Kier alpha value is -2.45. The van der Waals surface area contributed by atoms with E-state index >= 15 is 0 Å². The van der Waals surface area contributed by atoms with Crippen LogP contribution in [0.2, 0.25) is 0 Å². The molecular weight excluding hydrogens is 372 g/mol. The molecular formula is C18H16N2O4S2. The van der Waals surface area contributed by atoms with Gasteiger partial charge >= 0.3 is 5.97 Å². The first-order valence-corrected chi connectivity index (χ1v) is 9.78. The van der Waals surface area contributed by atoms with Crippen molar-refractivity contribution in [1.29, 1.82) is 0 Å². The first-order valence-electron chi connectivity index (χ1n) is 8.15. The van der Waals surface area contributed by atoms with Crippen LogP contribution in [0.1, 0.15) is 16.1 Å². The van der Waals surface area contributed by atoms with Crippen LogP contribution in [0, 0.1) is 0 Å². The van der Waals surface area contributed by atoms with Crippen LogP contribution in [0.4, 0.5) is 0 Å². The smallest absolute Gasteiger partial charge is 0.308 e. The maximum atomic E-state index is 13.0. The lowest BCUT2D eigenvalue weighted by Crippen LogP contribution is -2.57. The molecule has 3 aromatic rings. The van der Waals surface area contributed by atoms with Gasteiger partial charge in [0.2, 0.25) is 5.91 Å². The maximum absolute atomic E-state index is 13.0. The summed E-state index contributed by atoms with van der Waals surface area (Å²) in [7, 11) is 1.27. The molecule has 4 rings (SSSR count). The van der Waals surface area contributed by atoms with E-state index in [1.807, 2.05) is 24.3 Å². The molecule has 1 atom stereocenters. The number of hydrogen-bond donors (Lipinski definition) is 1. The minimum Gasteiger partial charge on any atom is -0.469 e. The molecule has 1 unspecified atom stereocenters. The monoisotopic (exact) mass is 388 g/mol. The number of ether oxygens (including phenoxy) is 1. The number of piperazine rings is 1. The number of carbonyl (C=O) groups excluding carboxylic acids is 3. The van der Waals surface area contributed by atoms with Crippen molar-refractivity contribution >= 4 is 59.9 Å². The highest BCUT2D eigenvalue weighted by molar-refractivity contribution is 7.33. The van der Waals surface area contributed by atoms with Gasteiger partial charge in [0.25, 0.3) is 5.91 Å². The molecule has 6 nitrogen and oxygen atoms in total. The Balaban J connectivity index is 1.67. The zero-order chi connectivity index (χ0) is 18.3. The molecule has 0 saturated carbocycles. The van der Waals surface area contributed by atoms with Gasteiger partial charge in [0.1, 0.15) is 6.04 Å². The molecule has 1 saturated heterocycles. The van der Waals surface area contributed by atoms with Gasteiger partial charge in [-0.05, 0) is 12.1 Å². The van der Waals surface area contributed by atoms with Crippen LogP contribution in [-0.2, 0) is 14.3 Å². The highest BCUT2D eigenvalue weighted by Gasteiger charge is 2.36. The number of amides is 2. The minimum atomic E-state index is -0.833. The first-order chi connectivity index (χ1) is 12.6. The fourth-order valence-electron chi connectivity index (χ4n) is 3.15. The molecule has 0 bridgehead atoms. The van der Waals surface area contributed by atoms with Gasteiger partial charge in [0, 0.05) is 27.9 Å². The summed E-state index contributed by atoms with van der Waals surface area (Å²) in [5.74, 6) is -1.05. The second-order valence-corrected chi connectivity index (χ2v) is 8.12. The van der Waals surface area contributed by atoms with Gasteiger partial charge in [-0.3, -0.25) is 14.4 Å². The lowest BCUT2D eigenvalue weighted by molar-refractivity contribution is -0.145. The van der Waals surface area contributed by atoms with Crippen molar-refractivity contribution in [3.8, 4) is 0 Å². The summed E-state index contributed by atoms with van der Waals surface area (Å²) in [6.07, 6.45) is -0.142. The van der Waals surface area contributed by atoms with Crippen LogP contribution in [0.25, 0.3) is 19.5 Å². The molecule has 1 aliphatic rings. The highest BCUT2D eigenvalue weighted by Crippen LogP contribution is 2.39. The molecule has 0 radical (unpaired) electrons. The fraction of sp³-hybridized carbons (Fsp3) is 0.278. The molecule has 2 aromatic heterocycles. The second kappa shape index (κ2) is 6.69. The summed E-state index contributed by atoms with van der Waals surface area (Å²) in [4.78, 5) is 38.9. The number of rotatable bonds is 3. The number of benzene rings is 1. The Labute approximate surface area is 157 Å². The van der Waals surface area contributed by atoms with Gasteiger partial charge in [-0.25, -0.2) is 0 Å². The van der Waals surface area contributed by atoms with Gasteiger partial charge in [0.15, 0.2) is 0 Å². The van der Waals surface area contributed by atoms with Gasteiger partial charge in [-0.15, -0.1) is 22.7 Å². The third-order valence-corrected chi connectivity index (χ3v) is 6.84. The SMILES string of the molecule is COC(=O)CC1C(=O)NCCN1C(=O)c1cc2sc3ccccc3c2s1. The number of nitrogens with one attached hydrogen (secondary N) is 1. The molecule has 2 amide bonds. The van der Waals surface area contributed by atoms with Gasteiger partial charge < -0.3 is 15.0 Å². The summed E-state index contributed by atoms with van der Waals surface area (Å²) >= 11 is 3.08. The van der Waals surface area contributed by atoms with Crippen LogP contribution in [0.15, 0.2) is 30.3 Å². The Morgan fingerprint density at radius 1 is 1.27 bits per heavy atom. The number of esters is 1. The predicted molar refractivity (Wildman–Crippen MR) is 102 cm³/mol. The number of thiophene rings is 2. The molecule has 1 aliphatic heterocycles. The quantitative estimate of drug-likeness (QED) is 0.700. The minimum absolute atomic E-state index is 0.142. The zero-order valence-corrected chi connectivity index (χ0v) is 15.6. The van der Waals surface area contributed by atoms with E-state index < -0.39 is 12.0 Å². The second-order valence-electron chi connectivity index (χ2n) is 5.99. The van der Waals surface area contributed by atoms with Gasteiger partial charge in [-0.2, -0.15) is 0 Å². The Morgan fingerprint density at radius 3 is 2.88 bits per heavy atom. The summed E-state index contributed by atoms with van der Waals surface area (Å²) in [5.41, 5.74) is 0. The summed E-state index contributed by atoms with van der Waals surface area (Å²) in [6.45, 7) is 0.753. The van der Waals surface area contributed by atoms with E-state index in [2.05, 4.69) is 16.1 Å². The fourth-order valence-corrected chi connectivity index (χ4v) is 5.63. The largest absolute Gasteiger partial charge is 0.469 e. The van der Waals surface area contributed by atoms with Crippen molar-refractivity contribution in [2.45, 2.75) is 12.5 Å². The molecule has 1 aromatic carbocycles. The van der Waals surface area contributed by atoms with Crippen LogP contribution < -0.4 is 5.32 Å². The first kappa shape index (κ1) is 17.0. The standard InChI is InChI=1S/C18H16N2O4S2/c1-24-15(21)8-11-17(22)19-6-7-20(11)18(23)14-9-13-16(26-14)10-4-2-3-5-12(10)25-13/h2-5,9,11H,6-8H2,1H3,(H,19,22). The van der Waals surface area contributed by atoms with E-state index in [1.54, 1.807) is 11.3 Å². The van der Waals surface area contributed by atoms with E-state index in [4.69, 9.17) is 0 Å². The molecule has 134 valence electrons. The van der Waals surface area contributed by atoms with E-state index in [1.165, 1.54) is 28.0 Å². The third-order valence-electron chi connectivity index (χ3n) is 4.44. The number of nitrogens with zero attached hydrogens (tertiary/aromatic N) is 1. The van der Waals surface area contributed by atoms with Crippen molar-refractivity contribution in [3.05, 3.63) is 35.2 Å². The number of fused-ring (bicyclic) bond motifs is 3.